The number of carbonyl (C=O) groups is 1. The maximum atomic E-state index is 13.1. The van der Waals surface area contributed by atoms with Gasteiger partial charge in [-0.1, -0.05) is 18.5 Å². The van der Waals surface area contributed by atoms with Crippen LogP contribution in [0.1, 0.15) is 36.3 Å². The van der Waals surface area contributed by atoms with Crippen LogP contribution in [0.15, 0.2) is 36.5 Å². The van der Waals surface area contributed by atoms with Crippen molar-refractivity contribution in [3.8, 4) is 0 Å². The predicted octanol–water partition coefficient (Wildman–Crippen LogP) is 5.03. The fourth-order valence-corrected chi connectivity index (χ4v) is 2.22. The monoisotopic (exact) mass is 371 g/mol. The Kier molecular flexibility index (Phi) is 5.89. The fourth-order valence-electron chi connectivity index (χ4n) is 2.05. The Morgan fingerprint density at radius 3 is 2.64 bits per heavy atom. The first kappa shape index (κ1) is 19.1. The van der Waals surface area contributed by atoms with Gasteiger partial charge >= 0.3 is 6.18 Å². The SMILES string of the molecule is CCC(C)NC(=O)c1cc(Nc2ccc(Cl)cc2C(F)(F)F)ccn1. The van der Waals surface area contributed by atoms with Crippen molar-refractivity contribution in [1.82, 2.24) is 10.3 Å². The number of alkyl halides is 3. The van der Waals surface area contributed by atoms with Gasteiger partial charge in [-0.05, 0) is 43.7 Å². The molecule has 25 heavy (non-hydrogen) atoms. The Balaban J connectivity index is 2.28. The number of nitrogens with zero attached hydrogens (tertiary/aromatic N) is 1. The zero-order valence-electron chi connectivity index (χ0n) is 13.6. The molecule has 2 aromatic rings. The smallest absolute Gasteiger partial charge is 0.355 e. The molecule has 1 unspecified atom stereocenters. The van der Waals surface area contributed by atoms with E-state index in [4.69, 9.17) is 11.6 Å². The normalized spacial score (nSPS) is 12.6. The van der Waals surface area contributed by atoms with Gasteiger partial charge in [0.25, 0.3) is 5.91 Å². The van der Waals surface area contributed by atoms with Gasteiger partial charge in [0.05, 0.1) is 11.3 Å². The Labute approximate surface area is 148 Å². The van der Waals surface area contributed by atoms with Crippen molar-refractivity contribution in [2.24, 2.45) is 0 Å². The molecule has 1 heterocycles. The summed E-state index contributed by atoms with van der Waals surface area (Å²) in [5, 5.41) is 5.41. The Bertz CT molecular complexity index is 765. The molecule has 134 valence electrons. The first-order chi connectivity index (χ1) is 11.7. The van der Waals surface area contributed by atoms with E-state index >= 15 is 0 Å². The molecule has 1 aromatic heterocycles. The van der Waals surface area contributed by atoms with Crippen LogP contribution < -0.4 is 10.6 Å². The summed E-state index contributed by atoms with van der Waals surface area (Å²) in [6.07, 6.45) is -2.45. The summed E-state index contributed by atoms with van der Waals surface area (Å²) < 4.78 is 39.4. The summed E-state index contributed by atoms with van der Waals surface area (Å²) in [6, 6.07) is 6.29. The van der Waals surface area contributed by atoms with E-state index in [9.17, 15) is 18.0 Å². The van der Waals surface area contributed by atoms with Crippen LogP contribution in [0.3, 0.4) is 0 Å². The van der Waals surface area contributed by atoms with Crippen LogP contribution >= 0.6 is 11.6 Å². The van der Waals surface area contributed by atoms with Crippen LogP contribution in [-0.2, 0) is 6.18 Å². The number of pyridine rings is 1. The van der Waals surface area contributed by atoms with E-state index in [-0.39, 0.29) is 28.4 Å². The van der Waals surface area contributed by atoms with Gasteiger partial charge in [-0.3, -0.25) is 9.78 Å². The lowest BCUT2D eigenvalue weighted by Crippen LogP contribution is -2.32. The highest BCUT2D eigenvalue weighted by Gasteiger charge is 2.33. The standard InChI is InChI=1S/C17H17ClF3N3O/c1-3-10(2)23-16(25)15-9-12(6-7-22-15)24-14-5-4-11(18)8-13(14)17(19,20)21/h4-10H,3H2,1-2H3,(H,22,24)(H,23,25). The number of hydrogen-bond acceptors (Lipinski definition) is 3. The second-order valence-electron chi connectivity index (χ2n) is 5.53. The molecule has 0 radical (unpaired) electrons. The number of hydrogen-bond donors (Lipinski definition) is 2. The Morgan fingerprint density at radius 2 is 2.00 bits per heavy atom. The molecule has 0 aliphatic rings. The molecule has 4 nitrogen and oxygen atoms in total. The maximum Gasteiger partial charge on any atom is 0.418 e. The number of anilines is 2. The van der Waals surface area contributed by atoms with E-state index in [1.54, 1.807) is 0 Å². The molecule has 0 saturated heterocycles. The maximum absolute atomic E-state index is 13.1. The molecule has 1 atom stereocenters. The molecular formula is C17H17ClF3N3O. The molecule has 2 N–H and O–H groups in total. The highest BCUT2D eigenvalue weighted by atomic mass is 35.5. The third-order valence-electron chi connectivity index (χ3n) is 3.55. The molecule has 1 amide bonds. The summed E-state index contributed by atoms with van der Waals surface area (Å²) >= 11 is 5.66. The summed E-state index contributed by atoms with van der Waals surface area (Å²) in [5.41, 5.74) is -0.608. The van der Waals surface area contributed by atoms with Crippen molar-refractivity contribution in [3.05, 3.63) is 52.8 Å². The van der Waals surface area contributed by atoms with Crippen molar-refractivity contribution in [1.29, 1.82) is 0 Å². The van der Waals surface area contributed by atoms with E-state index in [1.807, 2.05) is 13.8 Å². The molecule has 0 fully saturated rings. The lowest BCUT2D eigenvalue weighted by atomic mass is 10.1. The van der Waals surface area contributed by atoms with Gasteiger partial charge in [-0.25, -0.2) is 0 Å². The van der Waals surface area contributed by atoms with Gasteiger partial charge in [0.2, 0.25) is 0 Å². The summed E-state index contributed by atoms with van der Waals surface area (Å²) in [7, 11) is 0. The lowest BCUT2D eigenvalue weighted by molar-refractivity contribution is -0.136. The van der Waals surface area contributed by atoms with E-state index < -0.39 is 11.7 Å². The van der Waals surface area contributed by atoms with E-state index in [1.165, 1.54) is 30.5 Å². The Hall–Kier alpha value is -2.28. The van der Waals surface area contributed by atoms with Crippen molar-refractivity contribution in [3.63, 3.8) is 0 Å². The number of aromatic nitrogens is 1. The minimum absolute atomic E-state index is 0.0128. The molecule has 8 heteroatoms. The average molecular weight is 372 g/mol. The third-order valence-corrected chi connectivity index (χ3v) is 3.78. The van der Waals surface area contributed by atoms with Gasteiger partial charge < -0.3 is 10.6 Å². The van der Waals surface area contributed by atoms with Crippen LogP contribution in [0.4, 0.5) is 24.5 Å². The molecule has 0 aliphatic carbocycles. The van der Waals surface area contributed by atoms with Gasteiger partial charge in [-0.15, -0.1) is 0 Å². The first-order valence-electron chi connectivity index (χ1n) is 7.61. The number of benzene rings is 1. The lowest BCUT2D eigenvalue weighted by Gasteiger charge is -2.15. The first-order valence-corrected chi connectivity index (χ1v) is 7.99. The zero-order chi connectivity index (χ0) is 18.6. The molecule has 1 aromatic carbocycles. The third kappa shape index (κ3) is 5.09. The number of nitrogens with one attached hydrogen (secondary N) is 2. The number of halogens is 4. The summed E-state index contributed by atoms with van der Waals surface area (Å²) in [4.78, 5) is 16.0. The summed E-state index contributed by atoms with van der Waals surface area (Å²) in [5.74, 6) is -0.384. The second kappa shape index (κ2) is 7.74. The summed E-state index contributed by atoms with van der Waals surface area (Å²) in [6.45, 7) is 3.78. The quantitative estimate of drug-likeness (QED) is 0.775. The highest BCUT2D eigenvalue weighted by Crippen LogP contribution is 2.37. The zero-order valence-corrected chi connectivity index (χ0v) is 14.4. The topological polar surface area (TPSA) is 54.0 Å². The predicted molar refractivity (Wildman–Crippen MR) is 91.2 cm³/mol. The van der Waals surface area contributed by atoms with Crippen molar-refractivity contribution < 1.29 is 18.0 Å². The van der Waals surface area contributed by atoms with Crippen molar-refractivity contribution >= 4 is 28.9 Å². The van der Waals surface area contributed by atoms with Crippen LogP contribution in [0, 0.1) is 0 Å². The Morgan fingerprint density at radius 1 is 1.28 bits per heavy atom. The number of rotatable bonds is 5. The fraction of sp³-hybridized carbons (Fsp3) is 0.294. The second-order valence-corrected chi connectivity index (χ2v) is 5.96. The molecule has 2 rings (SSSR count). The molecular weight excluding hydrogens is 355 g/mol. The molecule has 0 spiro atoms. The molecule has 0 bridgehead atoms. The van der Waals surface area contributed by atoms with Crippen LogP contribution in [0.25, 0.3) is 0 Å². The van der Waals surface area contributed by atoms with Crippen molar-refractivity contribution in [2.45, 2.75) is 32.5 Å². The number of amides is 1. The van der Waals surface area contributed by atoms with E-state index in [2.05, 4.69) is 15.6 Å². The van der Waals surface area contributed by atoms with E-state index in [0.717, 1.165) is 12.5 Å². The van der Waals surface area contributed by atoms with Crippen LogP contribution in [0.5, 0.6) is 0 Å². The minimum Gasteiger partial charge on any atom is -0.355 e. The number of carbonyl (C=O) groups excluding carboxylic acids is 1. The van der Waals surface area contributed by atoms with Gasteiger partial charge in [0.15, 0.2) is 0 Å². The van der Waals surface area contributed by atoms with Gasteiger partial charge in [0, 0.05) is 22.9 Å². The van der Waals surface area contributed by atoms with Crippen LogP contribution in [0.2, 0.25) is 5.02 Å². The highest BCUT2D eigenvalue weighted by molar-refractivity contribution is 6.30. The average Bonchev–Trinajstić information content (AvgIpc) is 2.55. The van der Waals surface area contributed by atoms with Crippen LogP contribution in [-0.4, -0.2) is 16.9 Å². The largest absolute Gasteiger partial charge is 0.418 e. The van der Waals surface area contributed by atoms with Gasteiger partial charge in [0.1, 0.15) is 5.69 Å². The minimum atomic E-state index is -4.56. The molecule has 0 saturated carbocycles. The van der Waals surface area contributed by atoms with Crippen molar-refractivity contribution in [2.75, 3.05) is 5.32 Å². The molecule has 0 aliphatic heterocycles. The van der Waals surface area contributed by atoms with Gasteiger partial charge in [-0.2, -0.15) is 13.2 Å². The van der Waals surface area contributed by atoms with E-state index in [0.29, 0.717) is 5.69 Å².